The second-order valence-corrected chi connectivity index (χ2v) is 6.13. The van der Waals surface area contributed by atoms with Crippen LogP contribution < -0.4 is 5.56 Å². The Hall–Kier alpha value is -1.86. The molecule has 0 radical (unpaired) electrons. The maximum absolute atomic E-state index is 12.1. The van der Waals surface area contributed by atoms with Crippen molar-refractivity contribution < 1.29 is 0 Å². The minimum absolute atomic E-state index is 0.0580. The molecule has 8 heteroatoms. The van der Waals surface area contributed by atoms with Gasteiger partial charge < -0.3 is 4.57 Å². The molecule has 3 aromatic heterocycles. The molecular weight excluding hydrogens is 370 g/mol. The van der Waals surface area contributed by atoms with Crippen molar-refractivity contribution >= 4 is 27.5 Å². The number of hydrogen-bond acceptors (Lipinski definition) is 3. The lowest BCUT2D eigenvalue weighted by Gasteiger charge is -2.06. The van der Waals surface area contributed by atoms with Crippen LogP contribution in [0.2, 0.25) is 5.15 Å². The number of aromatic nitrogens is 5. The highest BCUT2D eigenvalue weighted by molar-refractivity contribution is 9.10. The largest absolute Gasteiger partial charge is 0.318 e. The smallest absolute Gasteiger partial charge is 0.255 e. The second kappa shape index (κ2) is 5.73. The van der Waals surface area contributed by atoms with Gasteiger partial charge in [0.1, 0.15) is 5.15 Å². The van der Waals surface area contributed by atoms with Gasteiger partial charge in [-0.15, -0.1) is 0 Å². The van der Waals surface area contributed by atoms with Gasteiger partial charge in [0.15, 0.2) is 0 Å². The molecule has 3 rings (SSSR count). The SMILES string of the molecule is Cn1ncc(Br)c1-c1cnn(Cc2cccn(C)c2=O)c1Cl. The topological polar surface area (TPSA) is 57.6 Å². The highest BCUT2D eigenvalue weighted by atomic mass is 79.9. The molecule has 0 aromatic carbocycles. The first-order chi connectivity index (χ1) is 10.5. The summed E-state index contributed by atoms with van der Waals surface area (Å²) in [5, 5.41) is 8.94. The Labute approximate surface area is 140 Å². The average Bonchev–Trinajstić information content (AvgIpc) is 2.99. The van der Waals surface area contributed by atoms with Gasteiger partial charge in [-0.05, 0) is 22.0 Å². The molecule has 0 unspecified atom stereocenters. The highest BCUT2D eigenvalue weighted by Crippen LogP contribution is 2.32. The van der Waals surface area contributed by atoms with Crippen LogP contribution in [-0.4, -0.2) is 24.1 Å². The van der Waals surface area contributed by atoms with Crippen LogP contribution in [0.1, 0.15) is 5.56 Å². The molecule has 0 amide bonds. The molecule has 114 valence electrons. The zero-order valence-corrected chi connectivity index (χ0v) is 14.3. The van der Waals surface area contributed by atoms with Gasteiger partial charge in [-0.25, -0.2) is 4.68 Å². The number of halogens is 2. The molecule has 3 heterocycles. The van der Waals surface area contributed by atoms with Crippen LogP contribution in [0.4, 0.5) is 0 Å². The van der Waals surface area contributed by atoms with Gasteiger partial charge in [0.25, 0.3) is 5.56 Å². The van der Waals surface area contributed by atoms with Crippen LogP contribution >= 0.6 is 27.5 Å². The van der Waals surface area contributed by atoms with E-state index in [0.29, 0.717) is 17.3 Å². The highest BCUT2D eigenvalue weighted by Gasteiger charge is 2.17. The summed E-state index contributed by atoms with van der Waals surface area (Å²) in [6, 6.07) is 3.60. The molecule has 0 atom stereocenters. The third-order valence-corrected chi connectivity index (χ3v) is 4.43. The summed E-state index contributed by atoms with van der Waals surface area (Å²) >= 11 is 9.88. The van der Waals surface area contributed by atoms with Crippen LogP contribution in [-0.2, 0) is 20.6 Å². The Morgan fingerprint density at radius 2 is 2.05 bits per heavy atom. The van der Waals surface area contributed by atoms with Gasteiger partial charge in [-0.3, -0.25) is 9.48 Å². The van der Waals surface area contributed by atoms with Crippen LogP contribution in [0.5, 0.6) is 0 Å². The van der Waals surface area contributed by atoms with Gasteiger partial charge in [0.2, 0.25) is 0 Å². The molecule has 0 spiro atoms. The minimum atomic E-state index is -0.0580. The van der Waals surface area contributed by atoms with Gasteiger partial charge >= 0.3 is 0 Å². The fourth-order valence-corrected chi connectivity index (χ4v) is 3.09. The van der Waals surface area contributed by atoms with Crippen LogP contribution in [0.3, 0.4) is 0 Å². The molecule has 0 bridgehead atoms. The van der Waals surface area contributed by atoms with Crippen molar-refractivity contribution in [2.75, 3.05) is 0 Å². The summed E-state index contributed by atoms with van der Waals surface area (Å²) in [5.41, 5.74) is 2.18. The lowest BCUT2D eigenvalue weighted by Crippen LogP contribution is -2.22. The van der Waals surface area contributed by atoms with Crippen LogP contribution in [0.25, 0.3) is 11.3 Å². The van der Waals surface area contributed by atoms with Crippen molar-refractivity contribution in [3.8, 4) is 11.3 Å². The third-order valence-electron chi connectivity index (χ3n) is 3.45. The zero-order chi connectivity index (χ0) is 15.9. The molecule has 6 nitrogen and oxygen atoms in total. The average molecular weight is 383 g/mol. The van der Waals surface area contributed by atoms with Gasteiger partial charge in [0.05, 0.1) is 34.7 Å². The van der Waals surface area contributed by atoms with E-state index in [0.717, 1.165) is 15.7 Å². The quantitative estimate of drug-likeness (QED) is 0.699. The molecule has 0 saturated heterocycles. The van der Waals surface area contributed by atoms with E-state index in [1.807, 2.05) is 13.1 Å². The van der Waals surface area contributed by atoms with Crippen LogP contribution in [0.15, 0.2) is 40.0 Å². The van der Waals surface area contributed by atoms with E-state index in [1.165, 1.54) is 4.57 Å². The lowest BCUT2D eigenvalue weighted by molar-refractivity contribution is 0.672. The predicted octanol–water partition coefficient (Wildman–Crippen LogP) is 2.45. The maximum Gasteiger partial charge on any atom is 0.255 e. The van der Waals surface area contributed by atoms with E-state index >= 15 is 0 Å². The standard InChI is InChI=1S/C14H13BrClN5O/c1-19-5-3-4-9(14(19)22)8-21-13(16)10(6-18-21)12-11(15)7-17-20(12)2/h3-7H,8H2,1-2H3. The van der Waals surface area contributed by atoms with Crippen molar-refractivity contribution in [1.82, 2.24) is 24.1 Å². The van der Waals surface area contributed by atoms with Crippen molar-refractivity contribution in [2.24, 2.45) is 14.1 Å². The second-order valence-electron chi connectivity index (χ2n) is 4.92. The third kappa shape index (κ3) is 2.50. The van der Waals surface area contributed by atoms with E-state index in [2.05, 4.69) is 26.1 Å². The number of pyridine rings is 1. The number of rotatable bonds is 3. The molecule has 0 aliphatic carbocycles. The van der Waals surface area contributed by atoms with Crippen molar-refractivity contribution in [3.05, 3.63) is 56.3 Å². The Bertz CT molecular complexity index is 876. The first-order valence-electron chi connectivity index (χ1n) is 6.52. The number of nitrogens with zero attached hydrogens (tertiary/aromatic N) is 5. The summed E-state index contributed by atoms with van der Waals surface area (Å²) in [4.78, 5) is 12.1. The van der Waals surface area contributed by atoms with Crippen molar-refractivity contribution in [2.45, 2.75) is 6.54 Å². The molecule has 0 aliphatic rings. The number of aryl methyl sites for hydroxylation is 2. The molecule has 0 aliphatic heterocycles. The van der Waals surface area contributed by atoms with E-state index in [4.69, 9.17) is 11.6 Å². The maximum atomic E-state index is 12.1. The first kappa shape index (κ1) is 15.1. The summed E-state index contributed by atoms with van der Waals surface area (Å²) in [6.45, 7) is 0.321. The Kier molecular flexibility index (Phi) is 3.92. The van der Waals surface area contributed by atoms with Gasteiger partial charge in [-0.2, -0.15) is 10.2 Å². The Morgan fingerprint density at radius 3 is 2.73 bits per heavy atom. The molecule has 3 aromatic rings. The van der Waals surface area contributed by atoms with Crippen molar-refractivity contribution in [3.63, 3.8) is 0 Å². The molecule has 0 saturated carbocycles. The van der Waals surface area contributed by atoms with Crippen molar-refractivity contribution in [1.29, 1.82) is 0 Å². The van der Waals surface area contributed by atoms with E-state index < -0.39 is 0 Å². The van der Waals surface area contributed by atoms with E-state index in [-0.39, 0.29) is 5.56 Å². The number of hydrogen-bond donors (Lipinski definition) is 0. The molecule has 0 fully saturated rings. The Morgan fingerprint density at radius 1 is 1.27 bits per heavy atom. The molecule has 22 heavy (non-hydrogen) atoms. The fraction of sp³-hybridized carbons (Fsp3) is 0.214. The van der Waals surface area contributed by atoms with Crippen LogP contribution in [0, 0.1) is 0 Å². The zero-order valence-electron chi connectivity index (χ0n) is 12.0. The normalized spacial score (nSPS) is 11.1. The summed E-state index contributed by atoms with van der Waals surface area (Å²) in [6.07, 6.45) is 5.10. The van der Waals surface area contributed by atoms with E-state index in [9.17, 15) is 4.79 Å². The summed E-state index contributed by atoms with van der Waals surface area (Å²) in [7, 11) is 3.55. The van der Waals surface area contributed by atoms with Gasteiger partial charge in [0, 0.05) is 25.9 Å². The summed E-state index contributed by atoms with van der Waals surface area (Å²) < 4.78 is 5.70. The minimum Gasteiger partial charge on any atom is -0.318 e. The predicted molar refractivity (Wildman–Crippen MR) is 87.9 cm³/mol. The fourth-order valence-electron chi connectivity index (χ4n) is 2.29. The molecule has 0 N–H and O–H groups in total. The van der Waals surface area contributed by atoms with Gasteiger partial charge in [-0.1, -0.05) is 17.7 Å². The van der Waals surface area contributed by atoms with E-state index in [1.54, 1.807) is 41.1 Å². The monoisotopic (exact) mass is 381 g/mol. The first-order valence-corrected chi connectivity index (χ1v) is 7.70. The molecular formula is C14H13BrClN5O. The summed E-state index contributed by atoms with van der Waals surface area (Å²) in [5.74, 6) is 0. The Balaban J connectivity index is 2.01. The lowest BCUT2D eigenvalue weighted by atomic mass is 10.2.